The first-order valence-corrected chi connectivity index (χ1v) is 10.3. The van der Waals surface area contributed by atoms with Crippen molar-refractivity contribution in [2.45, 2.75) is 20.0 Å². The predicted molar refractivity (Wildman–Crippen MR) is 125 cm³/mol. The second-order valence-corrected chi connectivity index (χ2v) is 7.48. The molecule has 2 heterocycles. The lowest BCUT2D eigenvalue weighted by molar-refractivity contribution is -0.116. The smallest absolute Gasteiger partial charge is 0.331 e. The van der Waals surface area contributed by atoms with Gasteiger partial charge in [-0.3, -0.25) is 18.7 Å². The molecule has 0 unspecified atom stereocenters. The summed E-state index contributed by atoms with van der Waals surface area (Å²) in [6, 6.07) is 21.5. The van der Waals surface area contributed by atoms with Gasteiger partial charge < -0.3 is 10.1 Å². The molecular weight excluding hydrogens is 420 g/mol. The van der Waals surface area contributed by atoms with Gasteiger partial charge in [0.25, 0.3) is 5.56 Å². The van der Waals surface area contributed by atoms with E-state index in [1.54, 1.807) is 12.1 Å². The van der Waals surface area contributed by atoms with E-state index in [2.05, 4.69) is 10.3 Å². The number of amides is 1. The van der Waals surface area contributed by atoms with Crippen LogP contribution in [-0.4, -0.2) is 20.0 Å². The highest BCUT2D eigenvalue weighted by Gasteiger charge is 2.11. The van der Waals surface area contributed by atoms with Crippen LogP contribution in [-0.2, 0) is 17.9 Å². The lowest BCUT2D eigenvalue weighted by Crippen LogP contribution is -2.41. The number of nitrogens with zero attached hydrogens (tertiary/aromatic N) is 3. The highest BCUT2D eigenvalue weighted by atomic mass is 16.5. The molecular formula is C25H22N4O4. The number of hydrogen-bond acceptors (Lipinski definition) is 5. The average molecular weight is 442 g/mol. The molecule has 8 nitrogen and oxygen atoms in total. The lowest BCUT2D eigenvalue weighted by atomic mass is 10.2. The van der Waals surface area contributed by atoms with Crippen LogP contribution in [0.25, 0.3) is 0 Å². The number of ether oxygens (including phenoxy) is 1. The Kier molecular flexibility index (Phi) is 6.45. The van der Waals surface area contributed by atoms with E-state index in [4.69, 9.17) is 4.74 Å². The summed E-state index contributed by atoms with van der Waals surface area (Å²) in [6.45, 7) is 1.88. The van der Waals surface area contributed by atoms with E-state index in [1.807, 2.05) is 61.5 Å². The summed E-state index contributed by atoms with van der Waals surface area (Å²) in [5, 5.41) is 2.65. The summed E-state index contributed by atoms with van der Waals surface area (Å²) in [4.78, 5) is 41.6. The van der Waals surface area contributed by atoms with Crippen LogP contribution in [0.3, 0.4) is 0 Å². The normalized spacial score (nSPS) is 10.6. The number of carbonyl (C=O) groups excluding carboxylic acids is 1. The fourth-order valence-electron chi connectivity index (χ4n) is 3.19. The molecule has 0 aliphatic carbocycles. The third-order valence-corrected chi connectivity index (χ3v) is 4.90. The Bertz CT molecular complexity index is 1360. The van der Waals surface area contributed by atoms with Crippen LogP contribution in [0.15, 0.2) is 94.8 Å². The number of hydrogen-bond donors (Lipinski definition) is 1. The number of aromatic nitrogens is 3. The van der Waals surface area contributed by atoms with E-state index < -0.39 is 23.7 Å². The number of benzene rings is 2. The van der Waals surface area contributed by atoms with Gasteiger partial charge in [-0.05, 0) is 30.7 Å². The maximum atomic E-state index is 12.7. The standard InChI is InChI=1S/C25H22N4O4/c1-18-7-10-21(11-8-18)33-23-12-9-20(15-26-23)27-22(30)17-29-24(31)13-14-28(25(29)32)16-19-5-3-2-4-6-19/h2-15H,16-17H2,1H3,(H,27,30). The third kappa shape index (κ3) is 5.62. The fourth-order valence-corrected chi connectivity index (χ4v) is 3.19. The molecule has 0 atom stereocenters. The molecule has 0 spiro atoms. The third-order valence-electron chi connectivity index (χ3n) is 4.90. The first kappa shape index (κ1) is 21.8. The number of anilines is 1. The maximum absolute atomic E-state index is 12.7. The molecule has 166 valence electrons. The minimum atomic E-state index is -0.554. The Morgan fingerprint density at radius 3 is 2.42 bits per heavy atom. The van der Waals surface area contributed by atoms with Gasteiger partial charge in [-0.25, -0.2) is 9.78 Å². The molecule has 2 aromatic carbocycles. The van der Waals surface area contributed by atoms with Gasteiger partial charge in [0.15, 0.2) is 0 Å². The van der Waals surface area contributed by atoms with Crippen LogP contribution in [0.5, 0.6) is 11.6 Å². The van der Waals surface area contributed by atoms with Crippen molar-refractivity contribution in [1.29, 1.82) is 0 Å². The van der Waals surface area contributed by atoms with Gasteiger partial charge in [0.05, 0.1) is 18.4 Å². The number of nitrogens with one attached hydrogen (secondary N) is 1. The summed E-state index contributed by atoms with van der Waals surface area (Å²) >= 11 is 0. The second-order valence-electron chi connectivity index (χ2n) is 7.48. The molecule has 0 aliphatic rings. The van der Waals surface area contributed by atoms with E-state index in [-0.39, 0.29) is 0 Å². The minimum Gasteiger partial charge on any atom is -0.439 e. The molecule has 1 N–H and O–H groups in total. The molecule has 8 heteroatoms. The van der Waals surface area contributed by atoms with Crippen LogP contribution in [0.4, 0.5) is 5.69 Å². The van der Waals surface area contributed by atoms with Gasteiger partial charge >= 0.3 is 5.69 Å². The van der Waals surface area contributed by atoms with Crippen molar-refractivity contribution in [3.63, 3.8) is 0 Å². The zero-order chi connectivity index (χ0) is 23.2. The van der Waals surface area contributed by atoms with Crippen LogP contribution in [0.2, 0.25) is 0 Å². The zero-order valence-corrected chi connectivity index (χ0v) is 18.0. The first-order valence-electron chi connectivity index (χ1n) is 10.3. The molecule has 0 bridgehead atoms. The highest BCUT2D eigenvalue weighted by molar-refractivity contribution is 5.90. The van der Waals surface area contributed by atoms with Gasteiger partial charge in [-0.15, -0.1) is 0 Å². The molecule has 0 fully saturated rings. The quantitative estimate of drug-likeness (QED) is 0.474. The SMILES string of the molecule is Cc1ccc(Oc2ccc(NC(=O)Cn3c(=O)ccn(Cc4ccccc4)c3=O)cn2)cc1. The number of aryl methyl sites for hydroxylation is 1. The Balaban J connectivity index is 1.42. The number of carbonyl (C=O) groups is 1. The molecule has 1 amide bonds. The summed E-state index contributed by atoms with van der Waals surface area (Å²) < 4.78 is 7.96. The van der Waals surface area contributed by atoms with Gasteiger partial charge in [0, 0.05) is 18.3 Å². The fraction of sp³-hybridized carbons (Fsp3) is 0.120. The highest BCUT2D eigenvalue weighted by Crippen LogP contribution is 2.20. The largest absolute Gasteiger partial charge is 0.439 e. The van der Waals surface area contributed by atoms with Crippen molar-refractivity contribution in [2.75, 3.05) is 5.32 Å². The van der Waals surface area contributed by atoms with Crippen LogP contribution >= 0.6 is 0 Å². The van der Waals surface area contributed by atoms with Gasteiger partial charge in [-0.2, -0.15) is 0 Å². The van der Waals surface area contributed by atoms with Gasteiger partial charge in [-0.1, -0.05) is 48.0 Å². The van der Waals surface area contributed by atoms with E-state index in [0.717, 1.165) is 15.7 Å². The topological polar surface area (TPSA) is 95.2 Å². The predicted octanol–water partition coefficient (Wildman–Crippen LogP) is 3.19. The van der Waals surface area contributed by atoms with E-state index in [0.29, 0.717) is 23.9 Å². The Labute approximate surface area is 189 Å². The van der Waals surface area contributed by atoms with E-state index in [1.165, 1.54) is 23.0 Å². The molecule has 0 aliphatic heterocycles. The average Bonchev–Trinajstić information content (AvgIpc) is 2.82. The Hall–Kier alpha value is -4.46. The second kappa shape index (κ2) is 9.78. The minimum absolute atomic E-state index is 0.300. The molecule has 33 heavy (non-hydrogen) atoms. The Morgan fingerprint density at radius 1 is 0.970 bits per heavy atom. The summed E-state index contributed by atoms with van der Waals surface area (Å²) in [5.74, 6) is 0.515. The van der Waals surface area contributed by atoms with Crippen molar-refractivity contribution in [1.82, 2.24) is 14.1 Å². The molecule has 4 rings (SSSR count). The van der Waals surface area contributed by atoms with Crippen LogP contribution in [0.1, 0.15) is 11.1 Å². The number of rotatable bonds is 7. The molecule has 2 aromatic heterocycles. The molecule has 0 saturated heterocycles. The van der Waals surface area contributed by atoms with Gasteiger partial charge in [0.1, 0.15) is 12.3 Å². The monoisotopic (exact) mass is 442 g/mol. The van der Waals surface area contributed by atoms with Crippen molar-refractivity contribution in [3.05, 3.63) is 117 Å². The van der Waals surface area contributed by atoms with Crippen molar-refractivity contribution < 1.29 is 9.53 Å². The van der Waals surface area contributed by atoms with Crippen molar-refractivity contribution in [2.24, 2.45) is 0 Å². The van der Waals surface area contributed by atoms with E-state index >= 15 is 0 Å². The molecule has 0 radical (unpaired) electrons. The van der Waals surface area contributed by atoms with Crippen LogP contribution in [0, 0.1) is 6.92 Å². The summed E-state index contributed by atoms with van der Waals surface area (Å²) in [5.41, 5.74) is 1.36. The summed E-state index contributed by atoms with van der Waals surface area (Å²) in [6.07, 6.45) is 2.88. The van der Waals surface area contributed by atoms with Crippen molar-refractivity contribution in [3.8, 4) is 11.6 Å². The summed E-state index contributed by atoms with van der Waals surface area (Å²) in [7, 11) is 0. The number of pyridine rings is 1. The Morgan fingerprint density at radius 2 is 1.73 bits per heavy atom. The molecule has 4 aromatic rings. The lowest BCUT2D eigenvalue weighted by Gasteiger charge is -2.11. The zero-order valence-electron chi connectivity index (χ0n) is 18.0. The molecule has 0 saturated carbocycles. The maximum Gasteiger partial charge on any atom is 0.331 e. The van der Waals surface area contributed by atoms with E-state index in [9.17, 15) is 14.4 Å². The first-order chi connectivity index (χ1) is 16.0. The van der Waals surface area contributed by atoms with Crippen LogP contribution < -0.4 is 21.3 Å². The van der Waals surface area contributed by atoms with Crippen molar-refractivity contribution >= 4 is 11.6 Å². The van der Waals surface area contributed by atoms with Gasteiger partial charge in [0.2, 0.25) is 11.8 Å².